The van der Waals surface area contributed by atoms with Crippen molar-refractivity contribution in [2.45, 2.75) is 89.4 Å². The summed E-state index contributed by atoms with van der Waals surface area (Å²) in [5, 5.41) is 0. The normalized spacial score (nSPS) is 12.3. The van der Waals surface area contributed by atoms with Crippen LogP contribution in [0.25, 0.3) is 0 Å². The maximum absolute atomic E-state index is 11.9. The number of hydrogen-bond acceptors (Lipinski definition) is 4. The monoisotopic (exact) mass is 432 g/mol. The fraction of sp³-hybridized carbons (Fsp3) is 0.727. The first-order valence-electron chi connectivity index (χ1n) is 10.5. The van der Waals surface area contributed by atoms with Gasteiger partial charge in [0.1, 0.15) is 17.3 Å². The average Bonchev–Trinajstić information content (AvgIpc) is 2.63. The largest absolute Gasteiger partial charge is 0.490 e. The van der Waals surface area contributed by atoms with Crippen molar-refractivity contribution < 1.29 is 17.9 Å². The molecule has 0 heterocycles. The predicted octanol–water partition coefficient (Wildman–Crippen LogP) is 6.45. The first-order valence-corrected chi connectivity index (χ1v) is 12.8. The van der Waals surface area contributed by atoms with Crippen LogP contribution < -0.4 is 4.74 Å². The summed E-state index contributed by atoms with van der Waals surface area (Å²) in [7, 11) is 1.74. The molecule has 0 N–H and O–H groups in total. The molecule has 0 spiro atoms. The summed E-state index contributed by atoms with van der Waals surface area (Å²) in [6.45, 7) is 10.1. The number of ether oxygens (including phenoxy) is 2. The average molecular weight is 433 g/mol. The maximum Gasteiger partial charge on any atom is 0.264 e. The van der Waals surface area contributed by atoms with E-state index in [1.807, 2.05) is 12.1 Å². The van der Waals surface area contributed by atoms with Gasteiger partial charge in [0, 0.05) is 17.3 Å². The third kappa shape index (κ3) is 9.15. The third-order valence-corrected chi connectivity index (χ3v) is 6.38. The molecule has 1 rings (SSSR count). The Kier molecular flexibility index (Phi) is 11.5. The molecule has 162 valence electrons. The summed E-state index contributed by atoms with van der Waals surface area (Å²) in [6.07, 6.45) is 9.16. The second kappa shape index (κ2) is 12.7. The van der Waals surface area contributed by atoms with Gasteiger partial charge in [-0.25, -0.2) is 8.42 Å². The summed E-state index contributed by atoms with van der Waals surface area (Å²) in [4.78, 5) is 0.0187. The van der Waals surface area contributed by atoms with E-state index in [2.05, 4.69) is 27.7 Å². The lowest BCUT2D eigenvalue weighted by Crippen LogP contribution is -2.18. The second-order valence-electron chi connectivity index (χ2n) is 7.96. The molecule has 0 saturated heterocycles. The molecule has 0 atom stereocenters. The van der Waals surface area contributed by atoms with Gasteiger partial charge in [-0.05, 0) is 36.0 Å². The quantitative estimate of drug-likeness (QED) is 0.236. The summed E-state index contributed by atoms with van der Waals surface area (Å²) in [5.74, 6) is 0.311. The smallest absolute Gasteiger partial charge is 0.264 e. The highest BCUT2D eigenvalue weighted by atomic mass is 35.7. The third-order valence-electron chi connectivity index (χ3n) is 5.02. The Hall–Kier alpha value is -0.780. The van der Waals surface area contributed by atoms with Crippen LogP contribution in [0.15, 0.2) is 23.1 Å². The molecular formula is C22H37ClO4S. The van der Waals surface area contributed by atoms with Crippen molar-refractivity contribution in [3.05, 3.63) is 23.8 Å². The minimum Gasteiger partial charge on any atom is -0.490 e. The van der Waals surface area contributed by atoms with E-state index in [9.17, 15) is 8.42 Å². The minimum atomic E-state index is -3.87. The Morgan fingerprint density at radius 1 is 0.929 bits per heavy atom. The molecule has 0 aromatic heterocycles. The second-order valence-corrected chi connectivity index (χ2v) is 10.5. The molecule has 0 amide bonds. The molecule has 0 unspecified atom stereocenters. The SMILES string of the molecule is CCCCCCOCCOc1cc(C(C)(C)CCCCC)ccc1S(=O)(=O)Cl. The Morgan fingerprint density at radius 2 is 1.61 bits per heavy atom. The van der Waals surface area contributed by atoms with Crippen molar-refractivity contribution in [3.63, 3.8) is 0 Å². The molecule has 1 aromatic carbocycles. The van der Waals surface area contributed by atoms with Crippen LogP contribution in [-0.2, 0) is 19.2 Å². The molecule has 0 bridgehead atoms. The number of benzene rings is 1. The molecule has 28 heavy (non-hydrogen) atoms. The maximum atomic E-state index is 11.9. The highest BCUT2D eigenvalue weighted by Crippen LogP contribution is 2.35. The van der Waals surface area contributed by atoms with Gasteiger partial charge >= 0.3 is 0 Å². The van der Waals surface area contributed by atoms with Gasteiger partial charge < -0.3 is 9.47 Å². The van der Waals surface area contributed by atoms with Crippen LogP contribution in [0.5, 0.6) is 5.75 Å². The summed E-state index contributed by atoms with van der Waals surface area (Å²) >= 11 is 0. The van der Waals surface area contributed by atoms with E-state index in [0.29, 0.717) is 25.6 Å². The molecule has 0 radical (unpaired) electrons. The molecule has 0 saturated carbocycles. The summed E-state index contributed by atoms with van der Waals surface area (Å²) in [5.41, 5.74) is 1.00. The highest BCUT2D eigenvalue weighted by Gasteiger charge is 2.24. The standard InChI is InChI=1S/C22H37ClO4S/c1-5-7-9-11-15-26-16-17-27-20-18-19(12-13-21(20)28(23,24)25)22(3,4)14-10-8-6-2/h12-13,18H,5-11,14-17H2,1-4H3. The molecule has 1 aromatic rings. The molecular weight excluding hydrogens is 396 g/mol. The van der Waals surface area contributed by atoms with E-state index in [1.165, 1.54) is 32.1 Å². The van der Waals surface area contributed by atoms with E-state index in [1.54, 1.807) is 6.07 Å². The molecule has 0 fully saturated rings. The van der Waals surface area contributed by atoms with Crippen molar-refractivity contribution >= 4 is 19.7 Å². The molecule has 0 aliphatic carbocycles. The van der Waals surface area contributed by atoms with Gasteiger partial charge in [-0.1, -0.05) is 72.3 Å². The van der Waals surface area contributed by atoms with Crippen LogP contribution >= 0.6 is 10.7 Å². The lowest BCUT2D eigenvalue weighted by molar-refractivity contribution is 0.0961. The Balaban J connectivity index is 2.75. The van der Waals surface area contributed by atoms with Crippen molar-refractivity contribution in [2.24, 2.45) is 0 Å². The van der Waals surface area contributed by atoms with Gasteiger partial charge in [0.05, 0.1) is 6.61 Å². The number of hydrogen-bond donors (Lipinski definition) is 0. The predicted molar refractivity (Wildman–Crippen MR) is 117 cm³/mol. The zero-order valence-electron chi connectivity index (χ0n) is 17.9. The van der Waals surface area contributed by atoms with Crippen LogP contribution in [0.3, 0.4) is 0 Å². The lowest BCUT2D eigenvalue weighted by Gasteiger charge is -2.26. The Labute approximate surface area is 176 Å². The first-order chi connectivity index (χ1) is 13.2. The Morgan fingerprint density at radius 3 is 2.25 bits per heavy atom. The molecule has 4 nitrogen and oxygen atoms in total. The van der Waals surface area contributed by atoms with E-state index in [4.69, 9.17) is 20.2 Å². The van der Waals surface area contributed by atoms with Gasteiger partial charge in [0.2, 0.25) is 0 Å². The summed E-state index contributed by atoms with van der Waals surface area (Å²) < 4.78 is 35.2. The zero-order valence-corrected chi connectivity index (χ0v) is 19.5. The van der Waals surface area contributed by atoms with Crippen LogP contribution in [0.1, 0.15) is 84.6 Å². The van der Waals surface area contributed by atoms with E-state index in [0.717, 1.165) is 24.8 Å². The number of rotatable bonds is 15. The minimum absolute atomic E-state index is 0.0187. The lowest BCUT2D eigenvalue weighted by atomic mass is 9.80. The van der Waals surface area contributed by atoms with Gasteiger partial charge in [-0.15, -0.1) is 0 Å². The first kappa shape index (κ1) is 25.3. The van der Waals surface area contributed by atoms with Gasteiger partial charge in [-0.3, -0.25) is 0 Å². The van der Waals surface area contributed by atoms with Crippen molar-refractivity contribution in [1.29, 1.82) is 0 Å². The van der Waals surface area contributed by atoms with E-state index in [-0.39, 0.29) is 10.3 Å². The van der Waals surface area contributed by atoms with Crippen molar-refractivity contribution in [2.75, 3.05) is 19.8 Å². The van der Waals surface area contributed by atoms with Crippen molar-refractivity contribution in [3.8, 4) is 5.75 Å². The topological polar surface area (TPSA) is 52.6 Å². The molecule has 0 aliphatic heterocycles. The number of halogens is 1. The van der Waals surface area contributed by atoms with Crippen LogP contribution in [-0.4, -0.2) is 28.2 Å². The molecule has 6 heteroatoms. The number of unbranched alkanes of at least 4 members (excludes halogenated alkanes) is 5. The van der Waals surface area contributed by atoms with Gasteiger partial charge in [0.15, 0.2) is 0 Å². The summed E-state index contributed by atoms with van der Waals surface area (Å²) in [6, 6.07) is 5.22. The Bertz CT molecular complexity index is 671. The van der Waals surface area contributed by atoms with Gasteiger partial charge in [0.25, 0.3) is 9.05 Å². The van der Waals surface area contributed by atoms with Gasteiger partial charge in [-0.2, -0.15) is 0 Å². The fourth-order valence-corrected chi connectivity index (χ4v) is 4.12. The molecule has 0 aliphatic rings. The van der Waals surface area contributed by atoms with Crippen LogP contribution in [0.4, 0.5) is 0 Å². The van der Waals surface area contributed by atoms with E-state index >= 15 is 0 Å². The fourth-order valence-electron chi connectivity index (χ4n) is 3.15. The van der Waals surface area contributed by atoms with Crippen LogP contribution in [0.2, 0.25) is 0 Å². The van der Waals surface area contributed by atoms with Crippen LogP contribution in [0, 0.1) is 0 Å². The van der Waals surface area contributed by atoms with Crippen molar-refractivity contribution in [1.82, 2.24) is 0 Å². The van der Waals surface area contributed by atoms with E-state index < -0.39 is 9.05 Å². The highest BCUT2D eigenvalue weighted by molar-refractivity contribution is 8.13. The zero-order chi connectivity index (χ0) is 21.0.